The summed E-state index contributed by atoms with van der Waals surface area (Å²) in [5.74, 6) is 0.192. The Morgan fingerprint density at radius 1 is 1.09 bits per heavy atom. The lowest BCUT2D eigenvalue weighted by molar-refractivity contribution is -0.386. The predicted molar refractivity (Wildman–Crippen MR) is 123 cm³/mol. The monoisotopic (exact) mass is 452 g/mol. The van der Waals surface area contributed by atoms with Crippen LogP contribution in [0.1, 0.15) is 43.2 Å². The number of imide groups is 1. The zero-order valence-corrected chi connectivity index (χ0v) is 18.4. The summed E-state index contributed by atoms with van der Waals surface area (Å²) in [6, 6.07) is 13.9. The van der Waals surface area contributed by atoms with Crippen LogP contribution in [0.25, 0.3) is 6.08 Å². The second-order valence-corrected chi connectivity index (χ2v) is 9.05. The molecule has 0 aromatic heterocycles. The molecular weight excluding hydrogens is 428 g/mol. The van der Waals surface area contributed by atoms with Crippen LogP contribution in [0.3, 0.4) is 0 Å². The van der Waals surface area contributed by atoms with Crippen molar-refractivity contribution in [3.05, 3.63) is 74.7 Å². The van der Waals surface area contributed by atoms with Crippen LogP contribution >= 0.6 is 11.8 Å². The summed E-state index contributed by atoms with van der Waals surface area (Å²) >= 11 is 0.889. The molecule has 2 amide bonds. The van der Waals surface area contributed by atoms with Crippen molar-refractivity contribution in [2.24, 2.45) is 5.92 Å². The maximum atomic E-state index is 12.8. The molecule has 2 aromatic rings. The normalized spacial score (nSPS) is 18.4. The van der Waals surface area contributed by atoms with E-state index in [1.807, 2.05) is 30.3 Å². The van der Waals surface area contributed by atoms with E-state index in [1.165, 1.54) is 23.5 Å². The number of nitro benzene ring substituents is 1. The van der Waals surface area contributed by atoms with Crippen molar-refractivity contribution in [2.45, 2.75) is 38.7 Å². The number of nitro groups is 1. The summed E-state index contributed by atoms with van der Waals surface area (Å²) in [4.78, 5) is 37.9. The lowest BCUT2D eigenvalue weighted by atomic mass is 9.89. The molecule has 1 saturated heterocycles. The number of hydrogen-bond acceptors (Lipinski definition) is 6. The van der Waals surface area contributed by atoms with Gasteiger partial charge in [-0.2, -0.15) is 0 Å². The van der Waals surface area contributed by atoms with Gasteiger partial charge in [-0.3, -0.25) is 24.6 Å². The van der Waals surface area contributed by atoms with Crippen molar-refractivity contribution < 1.29 is 19.2 Å². The minimum Gasteiger partial charge on any atom is -0.482 e. The van der Waals surface area contributed by atoms with Gasteiger partial charge in [0.15, 0.2) is 5.75 Å². The molecule has 32 heavy (non-hydrogen) atoms. The fraction of sp³-hybridized carbons (Fsp3) is 0.333. The van der Waals surface area contributed by atoms with Crippen LogP contribution in [0.5, 0.6) is 5.75 Å². The van der Waals surface area contributed by atoms with E-state index in [-0.39, 0.29) is 34.1 Å². The topological polar surface area (TPSA) is 89.7 Å². The molecule has 166 valence electrons. The molecule has 2 aromatic carbocycles. The number of nitrogens with zero attached hydrogens (tertiary/aromatic N) is 2. The number of rotatable bonds is 7. The Labute approximate surface area is 190 Å². The standard InChI is InChI=1S/C24H24N2O5S/c27-23-22(32-24(28)25(23)15-17-7-3-1-4-8-17)14-19-11-12-21(20(13-19)26(29)30)31-16-18-9-5-2-6-10-18/h2,5-6,9-14,17H,1,3-4,7-8,15-16H2/b22-14+. The largest absolute Gasteiger partial charge is 0.482 e. The maximum Gasteiger partial charge on any atom is 0.311 e. The van der Waals surface area contributed by atoms with Gasteiger partial charge in [0.2, 0.25) is 0 Å². The fourth-order valence-electron chi connectivity index (χ4n) is 4.06. The van der Waals surface area contributed by atoms with Crippen LogP contribution in [-0.2, 0) is 11.4 Å². The number of thioether (sulfide) groups is 1. The SMILES string of the molecule is O=C1S/C(=C/c2ccc(OCc3ccccc3)c([N+](=O)[O-])c2)C(=O)N1CC1CCCCC1. The molecule has 0 unspecified atom stereocenters. The first-order valence-electron chi connectivity index (χ1n) is 10.7. The van der Waals surface area contributed by atoms with Crippen molar-refractivity contribution in [2.75, 3.05) is 6.54 Å². The molecule has 4 rings (SSSR count). The molecule has 0 radical (unpaired) electrons. The third-order valence-electron chi connectivity index (χ3n) is 5.75. The highest BCUT2D eigenvalue weighted by molar-refractivity contribution is 8.18. The van der Waals surface area contributed by atoms with Gasteiger partial charge < -0.3 is 4.74 Å². The van der Waals surface area contributed by atoms with Gasteiger partial charge in [0.05, 0.1) is 9.83 Å². The third-order valence-corrected chi connectivity index (χ3v) is 6.66. The molecule has 0 bridgehead atoms. The minimum absolute atomic E-state index is 0.154. The van der Waals surface area contributed by atoms with E-state index in [1.54, 1.807) is 12.1 Å². The van der Waals surface area contributed by atoms with Gasteiger partial charge in [0.1, 0.15) is 6.61 Å². The first-order chi connectivity index (χ1) is 15.5. The van der Waals surface area contributed by atoms with Gasteiger partial charge >= 0.3 is 5.69 Å². The summed E-state index contributed by atoms with van der Waals surface area (Å²) in [5, 5.41) is 11.3. The molecule has 0 N–H and O–H groups in total. The van der Waals surface area contributed by atoms with Crippen LogP contribution in [-0.4, -0.2) is 27.5 Å². The summed E-state index contributed by atoms with van der Waals surface area (Å²) < 4.78 is 5.65. The minimum atomic E-state index is -0.507. The van der Waals surface area contributed by atoms with Gasteiger partial charge in [-0.1, -0.05) is 55.7 Å². The number of amides is 2. The lowest BCUT2D eigenvalue weighted by Gasteiger charge is -2.25. The van der Waals surface area contributed by atoms with Gasteiger partial charge in [-0.05, 0) is 53.8 Å². The first kappa shape index (κ1) is 22.1. The van der Waals surface area contributed by atoms with Crippen molar-refractivity contribution in [1.29, 1.82) is 0 Å². The average Bonchev–Trinajstić information content (AvgIpc) is 3.06. The molecule has 2 aliphatic rings. The molecule has 7 nitrogen and oxygen atoms in total. The molecule has 0 spiro atoms. The van der Waals surface area contributed by atoms with Crippen molar-refractivity contribution >= 4 is 34.7 Å². The third kappa shape index (κ3) is 5.19. The number of carbonyl (C=O) groups is 2. The quantitative estimate of drug-likeness (QED) is 0.300. The smallest absolute Gasteiger partial charge is 0.311 e. The Bertz CT molecular complexity index is 1050. The first-order valence-corrected chi connectivity index (χ1v) is 11.5. The summed E-state index contributed by atoms with van der Waals surface area (Å²) in [6.07, 6.45) is 7.11. The van der Waals surface area contributed by atoms with E-state index in [0.717, 1.165) is 43.0 Å². The zero-order valence-electron chi connectivity index (χ0n) is 17.6. The van der Waals surface area contributed by atoms with E-state index >= 15 is 0 Å². The second kappa shape index (κ2) is 9.99. The number of ether oxygens (including phenoxy) is 1. The Morgan fingerprint density at radius 2 is 1.84 bits per heavy atom. The molecule has 1 aliphatic heterocycles. The highest BCUT2D eigenvalue weighted by Crippen LogP contribution is 2.36. The molecule has 2 fully saturated rings. The molecule has 8 heteroatoms. The summed E-state index contributed by atoms with van der Waals surface area (Å²) in [7, 11) is 0. The molecule has 1 aliphatic carbocycles. The Hall–Kier alpha value is -3.13. The molecule has 1 saturated carbocycles. The van der Waals surface area contributed by atoms with Crippen molar-refractivity contribution in [1.82, 2.24) is 4.90 Å². The summed E-state index contributed by atoms with van der Waals surface area (Å²) in [6.45, 7) is 0.662. The number of benzene rings is 2. The van der Waals surface area contributed by atoms with Crippen LogP contribution < -0.4 is 4.74 Å². The van der Waals surface area contributed by atoms with Crippen LogP contribution in [0.15, 0.2) is 53.4 Å². The van der Waals surface area contributed by atoms with Crippen molar-refractivity contribution in [3.63, 3.8) is 0 Å². The molecular formula is C24H24N2O5S. The van der Waals surface area contributed by atoms with E-state index in [2.05, 4.69) is 0 Å². The average molecular weight is 453 g/mol. The predicted octanol–water partition coefficient (Wildman–Crippen LogP) is 5.79. The Morgan fingerprint density at radius 3 is 2.56 bits per heavy atom. The second-order valence-electron chi connectivity index (χ2n) is 8.05. The van der Waals surface area contributed by atoms with Gasteiger partial charge in [-0.25, -0.2) is 0 Å². The zero-order chi connectivity index (χ0) is 22.5. The van der Waals surface area contributed by atoms with E-state index in [0.29, 0.717) is 18.0 Å². The lowest BCUT2D eigenvalue weighted by Crippen LogP contribution is -2.34. The Balaban J connectivity index is 1.49. The van der Waals surface area contributed by atoms with Gasteiger partial charge in [0.25, 0.3) is 11.1 Å². The number of carbonyl (C=O) groups excluding carboxylic acids is 2. The van der Waals surface area contributed by atoms with E-state index < -0.39 is 4.92 Å². The van der Waals surface area contributed by atoms with Crippen LogP contribution in [0.4, 0.5) is 10.5 Å². The van der Waals surface area contributed by atoms with Crippen LogP contribution in [0.2, 0.25) is 0 Å². The summed E-state index contributed by atoms with van der Waals surface area (Å²) in [5.41, 5.74) is 1.19. The van der Waals surface area contributed by atoms with Crippen LogP contribution in [0, 0.1) is 16.0 Å². The molecule has 0 atom stereocenters. The maximum absolute atomic E-state index is 12.8. The van der Waals surface area contributed by atoms with Gasteiger partial charge in [0, 0.05) is 12.6 Å². The molecule has 1 heterocycles. The van der Waals surface area contributed by atoms with E-state index in [4.69, 9.17) is 4.74 Å². The van der Waals surface area contributed by atoms with Crippen molar-refractivity contribution in [3.8, 4) is 5.75 Å². The van der Waals surface area contributed by atoms with E-state index in [9.17, 15) is 19.7 Å². The highest BCUT2D eigenvalue weighted by atomic mass is 32.2. The fourth-order valence-corrected chi connectivity index (χ4v) is 4.91. The van der Waals surface area contributed by atoms with Gasteiger partial charge in [-0.15, -0.1) is 0 Å². The number of hydrogen-bond donors (Lipinski definition) is 0. The highest BCUT2D eigenvalue weighted by Gasteiger charge is 2.36. The Kier molecular flexibility index (Phi) is 6.90.